The summed E-state index contributed by atoms with van der Waals surface area (Å²) in [5, 5.41) is 2.16. The molecule has 1 fully saturated rings. The van der Waals surface area contributed by atoms with Crippen molar-refractivity contribution in [2.24, 2.45) is 0 Å². The molecule has 0 N–H and O–H groups in total. The van der Waals surface area contributed by atoms with Gasteiger partial charge in [0.2, 0.25) is 5.91 Å². The van der Waals surface area contributed by atoms with Crippen molar-refractivity contribution in [3.05, 3.63) is 34.9 Å². The molecule has 128 valence electrons. The molecule has 4 heteroatoms. The molecule has 1 aliphatic heterocycles. The normalized spacial score (nSPS) is 18.2. The van der Waals surface area contributed by atoms with Crippen LogP contribution in [-0.4, -0.2) is 34.1 Å². The van der Waals surface area contributed by atoms with Crippen molar-refractivity contribution < 1.29 is 4.79 Å². The number of aromatic nitrogens is 1. The van der Waals surface area contributed by atoms with Crippen LogP contribution in [-0.2, 0) is 4.79 Å². The van der Waals surface area contributed by atoms with Gasteiger partial charge < -0.3 is 4.90 Å². The number of nitrogens with zero attached hydrogens (tertiary/aromatic N) is 2. The van der Waals surface area contributed by atoms with Gasteiger partial charge >= 0.3 is 0 Å². The predicted molar refractivity (Wildman–Crippen MR) is 102 cm³/mol. The molecule has 0 spiro atoms. The van der Waals surface area contributed by atoms with Crippen molar-refractivity contribution in [1.29, 1.82) is 0 Å². The summed E-state index contributed by atoms with van der Waals surface area (Å²) >= 11 is 1.56. The number of amides is 1. The van der Waals surface area contributed by atoms with Crippen molar-refractivity contribution >= 4 is 28.6 Å². The number of hydrogen-bond donors (Lipinski definition) is 0. The van der Waals surface area contributed by atoms with E-state index in [4.69, 9.17) is 4.98 Å². The Morgan fingerprint density at radius 3 is 2.75 bits per heavy atom. The second-order valence-corrected chi connectivity index (χ2v) is 7.97. The highest BCUT2D eigenvalue weighted by molar-refractivity contribution is 7.99. The Morgan fingerprint density at radius 2 is 2.00 bits per heavy atom. The van der Waals surface area contributed by atoms with Gasteiger partial charge in [-0.15, -0.1) is 0 Å². The number of benzene rings is 1. The van der Waals surface area contributed by atoms with Gasteiger partial charge in [0.15, 0.2) is 0 Å². The van der Waals surface area contributed by atoms with Gasteiger partial charge in [-0.2, -0.15) is 0 Å². The van der Waals surface area contributed by atoms with Crippen molar-refractivity contribution in [1.82, 2.24) is 9.88 Å². The molecule has 3 nitrogen and oxygen atoms in total. The molecule has 1 aromatic heterocycles. The first-order valence-corrected chi connectivity index (χ1v) is 9.75. The Balaban J connectivity index is 1.77. The van der Waals surface area contributed by atoms with E-state index in [1.807, 2.05) is 4.90 Å². The average molecular weight is 343 g/mol. The largest absolute Gasteiger partial charge is 0.339 e. The van der Waals surface area contributed by atoms with Gasteiger partial charge in [-0.25, -0.2) is 4.98 Å². The van der Waals surface area contributed by atoms with E-state index in [0.29, 0.717) is 11.8 Å². The second kappa shape index (κ2) is 7.14. The molecular formula is C20H26N2OS. The van der Waals surface area contributed by atoms with Crippen molar-refractivity contribution in [3.63, 3.8) is 0 Å². The Bertz CT molecular complexity index is 772. The van der Waals surface area contributed by atoms with Crippen LogP contribution in [0.15, 0.2) is 23.2 Å². The lowest BCUT2D eigenvalue weighted by atomic mass is 10.0. The predicted octanol–water partition coefficient (Wildman–Crippen LogP) is 4.65. The fourth-order valence-corrected chi connectivity index (χ4v) is 4.43. The zero-order valence-electron chi connectivity index (χ0n) is 15.1. The molecule has 2 heterocycles. The molecule has 1 amide bonds. The number of likely N-dealkylation sites (tertiary alicyclic amines) is 1. The van der Waals surface area contributed by atoms with Gasteiger partial charge in [-0.1, -0.05) is 23.4 Å². The minimum absolute atomic E-state index is 0.243. The first-order chi connectivity index (χ1) is 11.5. The molecule has 1 aromatic carbocycles. The third-order valence-electron chi connectivity index (χ3n) is 4.90. The number of piperidine rings is 1. The highest BCUT2D eigenvalue weighted by Gasteiger charge is 2.23. The summed E-state index contributed by atoms with van der Waals surface area (Å²) in [5.74, 6) is 0.722. The molecule has 1 saturated heterocycles. The van der Waals surface area contributed by atoms with Crippen LogP contribution in [0.1, 0.15) is 42.9 Å². The minimum atomic E-state index is 0.243. The second-order valence-electron chi connectivity index (χ2n) is 6.98. The lowest BCUT2D eigenvalue weighted by Crippen LogP contribution is -2.42. The minimum Gasteiger partial charge on any atom is -0.339 e. The number of hydrogen-bond acceptors (Lipinski definition) is 3. The van der Waals surface area contributed by atoms with Gasteiger partial charge in [0.05, 0.1) is 16.3 Å². The lowest BCUT2D eigenvalue weighted by Gasteiger charge is -2.33. The SMILES string of the molecule is Cc1cc(C)c2nc(SCC(=O)N3CCCC[C@H]3C)cc(C)c2c1. The maximum absolute atomic E-state index is 12.5. The van der Waals surface area contributed by atoms with Gasteiger partial charge in [-0.05, 0) is 70.2 Å². The summed E-state index contributed by atoms with van der Waals surface area (Å²) < 4.78 is 0. The van der Waals surface area contributed by atoms with Crippen molar-refractivity contribution in [2.75, 3.05) is 12.3 Å². The molecule has 1 aliphatic rings. The van der Waals surface area contributed by atoms with Crippen LogP contribution in [0.3, 0.4) is 0 Å². The Labute approximate surface area is 148 Å². The fourth-order valence-electron chi connectivity index (χ4n) is 3.58. The highest BCUT2D eigenvalue weighted by atomic mass is 32.2. The molecule has 0 saturated carbocycles. The van der Waals surface area contributed by atoms with Crippen LogP contribution < -0.4 is 0 Å². The van der Waals surface area contributed by atoms with E-state index in [1.165, 1.54) is 28.5 Å². The highest BCUT2D eigenvalue weighted by Crippen LogP contribution is 2.27. The maximum atomic E-state index is 12.5. The number of fused-ring (bicyclic) bond motifs is 1. The lowest BCUT2D eigenvalue weighted by molar-refractivity contribution is -0.131. The molecule has 3 rings (SSSR count). The fraction of sp³-hybridized carbons (Fsp3) is 0.500. The number of pyridine rings is 1. The Morgan fingerprint density at radius 1 is 1.21 bits per heavy atom. The quantitative estimate of drug-likeness (QED) is 0.761. The molecule has 0 radical (unpaired) electrons. The van der Waals surface area contributed by atoms with Crippen molar-refractivity contribution in [3.8, 4) is 0 Å². The number of carbonyl (C=O) groups is 1. The molecule has 24 heavy (non-hydrogen) atoms. The van der Waals surface area contributed by atoms with Crippen LogP contribution in [0.4, 0.5) is 0 Å². The van der Waals surface area contributed by atoms with Crippen molar-refractivity contribution in [2.45, 2.75) is 58.0 Å². The molecule has 0 unspecified atom stereocenters. The first kappa shape index (κ1) is 17.3. The number of aryl methyl sites for hydroxylation is 3. The van der Waals surface area contributed by atoms with Gasteiger partial charge in [0, 0.05) is 18.0 Å². The topological polar surface area (TPSA) is 33.2 Å². The summed E-state index contributed by atoms with van der Waals surface area (Å²) in [5.41, 5.74) is 4.75. The summed E-state index contributed by atoms with van der Waals surface area (Å²) in [6.07, 6.45) is 3.50. The molecule has 1 atom stereocenters. The summed E-state index contributed by atoms with van der Waals surface area (Å²) in [6.45, 7) is 9.42. The first-order valence-electron chi connectivity index (χ1n) is 8.76. The van der Waals surface area contributed by atoms with Gasteiger partial charge in [0.25, 0.3) is 0 Å². The maximum Gasteiger partial charge on any atom is 0.233 e. The smallest absolute Gasteiger partial charge is 0.233 e. The van der Waals surface area contributed by atoms with Crippen LogP contribution in [0.5, 0.6) is 0 Å². The third-order valence-corrected chi connectivity index (χ3v) is 5.79. The van der Waals surface area contributed by atoms with Crippen LogP contribution in [0, 0.1) is 20.8 Å². The summed E-state index contributed by atoms with van der Waals surface area (Å²) in [6, 6.07) is 6.85. The molecular weight excluding hydrogens is 316 g/mol. The van der Waals surface area contributed by atoms with E-state index in [2.05, 4.69) is 45.9 Å². The zero-order valence-corrected chi connectivity index (χ0v) is 15.9. The Kier molecular flexibility index (Phi) is 5.14. The van der Waals surface area contributed by atoms with Crippen LogP contribution >= 0.6 is 11.8 Å². The number of rotatable bonds is 3. The summed E-state index contributed by atoms with van der Waals surface area (Å²) in [7, 11) is 0. The van der Waals surface area contributed by atoms with E-state index in [9.17, 15) is 4.79 Å². The monoisotopic (exact) mass is 342 g/mol. The van der Waals surface area contributed by atoms with E-state index in [1.54, 1.807) is 11.8 Å². The van der Waals surface area contributed by atoms with Crippen LogP contribution in [0.2, 0.25) is 0 Å². The zero-order chi connectivity index (χ0) is 17.3. The van der Waals surface area contributed by atoms with Gasteiger partial charge in [-0.3, -0.25) is 4.79 Å². The molecule has 0 aliphatic carbocycles. The van der Waals surface area contributed by atoms with E-state index in [-0.39, 0.29) is 5.91 Å². The van der Waals surface area contributed by atoms with E-state index in [0.717, 1.165) is 29.9 Å². The molecule has 0 bridgehead atoms. The van der Waals surface area contributed by atoms with E-state index < -0.39 is 0 Å². The standard InChI is InChI=1S/C20H26N2OS/c1-13-9-15(3)20-17(10-13)14(2)11-18(21-20)24-12-19(23)22-8-6-5-7-16(22)4/h9-11,16H,5-8,12H2,1-4H3/t16-/m1/s1. The number of carbonyl (C=O) groups excluding carboxylic acids is 1. The third kappa shape index (κ3) is 3.59. The molecule has 2 aromatic rings. The van der Waals surface area contributed by atoms with E-state index >= 15 is 0 Å². The van der Waals surface area contributed by atoms with Crippen LogP contribution in [0.25, 0.3) is 10.9 Å². The Hall–Kier alpha value is -1.55. The van der Waals surface area contributed by atoms with Gasteiger partial charge in [0.1, 0.15) is 0 Å². The summed E-state index contributed by atoms with van der Waals surface area (Å²) in [4.78, 5) is 19.4. The average Bonchev–Trinajstić information content (AvgIpc) is 2.54. The number of thioether (sulfide) groups is 1.